The largest absolute Gasteiger partial charge is 0.383 e. The van der Waals surface area contributed by atoms with Crippen LogP contribution in [0.4, 0.5) is 0 Å². The van der Waals surface area contributed by atoms with Crippen LogP contribution in [0.1, 0.15) is 17.3 Å². The molecule has 0 saturated carbocycles. The van der Waals surface area contributed by atoms with Crippen LogP contribution in [0.5, 0.6) is 0 Å². The average molecular weight is 484 g/mol. The van der Waals surface area contributed by atoms with Gasteiger partial charge in [-0.05, 0) is 42.5 Å². The lowest BCUT2D eigenvalue weighted by Crippen LogP contribution is -2.19. The Kier molecular flexibility index (Phi) is 6.76. The third-order valence-corrected chi connectivity index (χ3v) is 8.24. The number of sulfone groups is 1. The van der Waals surface area contributed by atoms with Gasteiger partial charge in [-0.1, -0.05) is 18.3 Å². The van der Waals surface area contributed by atoms with Crippen LogP contribution in [0.2, 0.25) is 0 Å². The molecule has 166 valence electrons. The van der Waals surface area contributed by atoms with Crippen LogP contribution < -0.4 is 9.94 Å². The second-order valence-electron chi connectivity index (χ2n) is 6.55. The number of hydrogen-bond acceptors (Lipinski definition) is 7. The van der Waals surface area contributed by atoms with Gasteiger partial charge in [0.05, 0.1) is 32.4 Å². The van der Waals surface area contributed by atoms with Gasteiger partial charge in [-0.3, -0.25) is 4.79 Å². The number of aromatic nitrogens is 1. The number of ether oxygens (including phenoxy) is 1. The number of nitrogens with zero attached hydrogens (tertiary/aromatic N) is 2. The topological polar surface area (TPSA) is 138 Å². The van der Waals surface area contributed by atoms with Crippen LogP contribution >= 0.6 is 11.3 Å². The van der Waals surface area contributed by atoms with Crippen molar-refractivity contribution < 1.29 is 26.4 Å². The number of hydrogen-bond donors (Lipinski definition) is 1. The van der Waals surface area contributed by atoms with Crippen molar-refractivity contribution in [2.75, 3.05) is 19.5 Å². The summed E-state index contributed by atoms with van der Waals surface area (Å²) in [5.41, 5.74) is 0.918. The van der Waals surface area contributed by atoms with Crippen LogP contribution in [0.15, 0.2) is 57.2 Å². The zero-order valence-corrected chi connectivity index (χ0v) is 19.3. The maximum atomic E-state index is 12.7. The van der Waals surface area contributed by atoms with Crippen molar-refractivity contribution >= 4 is 47.3 Å². The molecule has 31 heavy (non-hydrogen) atoms. The zero-order valence-electron chi connectivity index (χ0n) is 16.8. The Morgan fingerprint density at radius 1 is 1.10 bits per heavy atom. The Labute approximate surface area is 183 Å². The summed E-state index contributed by atoms with van der Waals surface area (Å²) < 4.78 is 54.7. The van der Waals surface area contributed by atoms with E-state index in [0.717, 1.165) is 11.3 Å². The molecule has 0 aliphatic rings. The van der Waals surface area contributed by atoms with Crippen molar-refractivity contribution in [1.29, 1.82) is 0 Å². The fourth-order valence-electron chi connectivity index (χ4n) is 2.84. The Morgan fingerprint density at radius 2 is 1.74 bits per heavy atom. The predicted molar refractivity (Wildman–Crippen MR) is 117 cm³/mol. The molecule has 3 rings (SSSR count). The molecule has 0 unspecified atom stereocenters. The molecule has 0 radical (unpaired) electrons. The minimum Gasteiger partial charge on any atom is -0.383 e. The van der Waals surface area contributed by atoms with Gasteiger partial charge in [0.2, 0.25) is 10.0 Å². The normalized spacial score (nSPS) is 13.1. The number of amides is 1. The number of benzene rings is 2. The van der Waals surface area contributed by atoms with Gasteiger partial charge in [-0.15, -0.1) is 0 Å². The number of fused-ring (bicyclic) bond motifs is 1. The van der Waals surface area contributed by atoms with Gasteiger partial charge < -0.3 is 9.30 Å². The van der Waals surface area contributed by atoms with E-state index in [1.807, 2.05) is 0 Å². The first-order chi connectivity index (χ1) is 14.6. The van der Waals surface area contributed by atoms with E-state index < -0.39 is 25.8 Å². The molecule has 0 atom stereocenters. The Morgan fingerprint density at radius 3 is 2.32 bits per heavy atom. The first kappa shape index (κ1) is 23.3. The van der Waals surface area contributed by atoms with E-state index in [9.17, 15) is 21.6 Å². The van der Waals surface area contributed by atoms with E-state index in [1.54, 1.807) is 24.7 Å². The van der Waals surface area contributed by atoms with Crippen LogP contribution in [0.3, 0.4) is 0 Å². The molecule has 0 aliphatic heterocycles. The number of carbonyl (C=O) groups excluding carboxylic acids is 1. The van der Waals surface area contributed by atoms with Gasteiger partial charge in [-0.2, -0.15) is 4.99 Å². The third kappa shape index (κ3) is 5.10. The van der Waals surface area contributed by atoms with E-state index in [4.69, 9.17) is 9.88 Å². The number of thiazole rings is 1. The summed E-state index contributed by atoms with van der Waals surface area (Å²) in [6.45, 7) is 2.30. The van der Waals surface area contributed by atoms with Gasteiger partial charge >= 0.3 is 0 Å². The minimum absolute atomic E-state index is 0.0353. The molecule has 0 fully saturated rings. The maximum Gasteiger partial charge on any atom is 0.279 e. The Bertz CT molecular complexity index is 1400. The number of rotatable bonds is 7. The molecule has 1 amide bonds. The van der Waals surface area contributed by atoms with Crippen LogP contribution in [-0.4, -0.2) is 46.8 Å². The first-order valence-corrected chi connectivity index (χ1v) is 13.2. The molecular weight excluding hydrogens is 462 g/mol. The number of methoxy groups -OCH3 is 1. The molecule has 0 spiro atoms. The third-order valence-electron chi connectivity index (χ3n) is 4.54. The quantitative estimate of drug-likeness (QED) is 0.541. The van der Waals surface area contributed by atoms with E-state index in [2.05, 4.69) is 4.99 Å². The second kappa shape index (κ2) is 9.01. The van der Waals surface area contributed by atoms with Crippen molar-refractivity contribution in [3.8, 4) is 0 Å². The molecule has 3 aromatic rings. The van der Waals surface area contributed by atoms with Crippen molar-refractivity contribution in [1.82, 2.24) is 4.57 Å². The van der Waals surface area contributed by atoms with Gasteiger partial charge in [0, 0.05) is 19.2 Å². The number of sulfonamides is 1. The van der Waals surface area contributed by atoms with Crippen LogP contribution in [0, 0.1) is 0 Å². The number of nitrogens with two attached hydrogens (primary N) is 1. The minimum atomic E-state index is -3.87. The molecule has 2 aromatic carbocycles. The summed E-state index contributed by atoms with van der Waals surface area (Å²) >= 11 is 1.14. The first-order valence-electron chi connectivity index (χ1n) is 9.14. The highest BCUT2D eigenvalue weighted by Crippen LogP contribution is 2.21. The van der Waals surface area contributed by atoms with Crippen molar-refractivity contribution in [3.63, 3.8) is 0 Å². The number of carbonyl (C=O) groups is 1. The standard InChI is InChI=1S/C19H21N3O6S3/c1-3-30(24,25)14-6-4-13(5-7-14)18(23)21-19-22(10-11-28-2)16-9-8-15(31(20,26)27)12-17(16)29-19/h4-9,12H,3,10-11H2,1-2H3,(H2,20,26,27). The van der Waals surface area contributed by atoms with Crippen LogP contribution in [-0.2, 0) is 31.1 Å². The summed E-state index contributed by atoms with van der Waals surface area (Å²) in [5, 5.41) is 5.21. The lowest BCUT2D eigenvalue weighted by Gasteiger charge is -2.05. The van der Waals surface area contributed by atoms with Crippen LogP contribution in [0.25, 0.3) is 10.2 Å². The molecule has 0 aliphatic carbocycles. The lowest BCUT2D eigenvalue weighted by atomic mass is 10.2. The summed E-state index contributed by atoms with van der Waals surface area (Å²) in [5.74, 6) is -0.586. The Balaban J connectivity index is 2.08. The summed E-state index contributed by atoms with van der Waals surface area (Å²) in [6.07, 6.45) is 0. The summed E-state index contributed by atoms with van der Waals surface area (Å²) in [4.78, 5) is 17.3. The van der Waals surface area contributed by atoms with E-state index in [0.29, 0.717) is 28.2 Å². The van der Waals surface area contributed by atoms with Crippen molar-refractivity contribution in [2.24, 2.45) is 10.1 Å². The fraction of sp³-hybridized carbons (Fsp3) is 0.263. The predicted octanol–water partition coefficient (Wildman–Crippen LogP) is 1.53. The molecule has 1 aromatic heterocycles. The van der Waals surface area contributed by atoms with E-state index >= 15 is 0 Å². The van der Waals surface area contributed by atoms with E-state index in [-0.39, 0.29) is 21.1 Å². The number of primary sulfonamides is 1. The molecular formula is C19H21N3O6S3. The fourth-order valence-corrected chi connectivity index (χ4v) is 5.43. The highest BCUT2D eigenvalue weighted by Gasteiger charge is 2.15. The summed E-state index contributed by atoms with van der Waals surface area (Å²) in [7, 11) is -5.70. The maximum absolute atomic E-state index is 12.7. The molecule has 1 heterocycles. The molecule has 2 N–H and O–H groups in total. The average Bonchev–Trinajstić information content (AvgIpc) is 3.07. The highest BCUT2D eigenvalue weighted by atomic mass is 32.2. The van der Waals surface area contributed by atoms with Gasteiger partial charge in [0.25, 0.3) is 5.91 Å². The molecule has 0 saturated heterocycles. The lowest BCUT2D eigenvalue weighted by molar-refractivity contribution is 0.0997. The van der Waals surface area contributed by atoms with Crippen molar-refractivity contribution in [2.45, 2.75) is 23.3 Å². The van der Waals surface area contributed by atoms with Gasteiger partial charge in [0.15, 0.2) is 14.6 Å². The SMILES string of the molecule is CCS(=O)(=O)c1ccc(C(=O)N=c2sc3cc(S(N)(=O)=O)ccc3n2CCOC)cc1. The zero-order chi connectivity index (χ0) is 22.8. The highest BCUT2D eigenvalue weighted by molar-refractivity contribution is 7.91. The monoisotopic (exact) mass is 483 g/mol. The summed E-state index contributed by atoms with van der Waals surface area (Å²) in [6, 6.07) is 10.0. The van der Waals surface area contributed by atoms with Crippen molar-refractivity contribution in [3.05, 3.63) is 52.8 Å². The Hall–Kier alpha value is -2.38. The van der Waals surface area contributed by atoms with E-state index in [1.165, 1.54) is 36.4 Å². The molecule has 9 nitrogen and oxygen atoms in total. The van der Waals surface area contributed by atoms with Gasteiger partial charge in [0.1, 0.15) is 0 Å². The second-order valence-corrected chi connectivity index (χ2v) is 11.4. The molecule has 0 bridgehead atoms. The smallest absolute Gasteiger partial charge is 0.279 e. The van der Waals surface area contributed by atoms with Gasteiger partial charge in [-0.25, -0.2) is 22.0 Å². The molecule has 12 heteroatoms.